The molecule has 0 radical (unpaired) electrons. The van der Waals surface area contributed by atoms with Crippen molar-refractivity contribution in [3.63, 3.8) is 0 Å². The first-order valence-corrected chi connectivity index (χ1v) is 8.12. The molecular weight excluding hydrogens is 252 g/mol. The molecule has 6 heteroatoms. The number of hydrogen-bond donors (Lipinski definition) is 1. The zero-order chi connectivity index (χ0) is 13.0. The van der Waals surface area contributed by atoms with Gasteiger partial charge in [0.25, 0.3) is 0 Å². The molecule has 2 rings (SSSR count). The van der Waals surface area contributed by atoms with Crippen molar-refractivity contribution in [1.29, 1.82) is 0 Å². The normalized spacial score (nSPS) is 20.1. The van der Waals surface area contributed by atoms with E-state index in [4.69, 9.17) is 4.42 Å². The summed E-state index contributed by atoms with van der Waals surface area (Å²) in [5.41, 5.74) is 0. The third-order valence-corrected chi connectivity index (χ3v) is 4.69. The van der Waals surface area contributed by atoms with Crippen LogP contribution in [0, 0.1) is 0 Å². The minimum absolute atomic E-state index is 0.262. The second-order valence-corrected chi connectivity index (χ2v) is 6.88. The Hall–Kier alpha value is -0.850. The van der Waals surface area contributed by atoms with Crippen LogP contribution in [-0.4, -0.2) is 44.5 Å². The molecule has 1 N–H and O–H groups in total. The number of rotatable bonds is 5. The highest BCUT2D eigenvalue weighted by Crippen LogP contribution is 2.13. The van der Waals surface area contributed by atoms with Crippen LogP contribution in [0.2, 0.25) is 0 Å². The van der Waals surface area contributed by atoms with Gasteiger partial charge in [-0.25, -0.2) is 8.42 Å². The maximum Gasteiger partial charge on any atom is 0.152 e. The molecular formula is C12H20N2O3S. The number of furan rings is 1. The molecule has 1 aliphatic rings. The van der Waals surface area contributed by atoms with Crippen molar-refractivity contribution < 1.29 is 12.8 Å². The van der Waals surface area contributed by atoms with Gasteiger partial charge in [-0.05, 0) is 18.7 Å². The molecule has 102 valence electrons. The van der Waals surface area contributed by atoms with Crippen LogP contribution in [0.5, 0.6) is 0 Å². The maximum atomic E-state index is 11.3. The van der Waals surface area contributed by atoms with E-state index in [2.05, 4.69) is 17.1 Å². The first-order chi connectivity index (χ1) is 8.59. The fourth-order valence-electron chi connectivity index (χ4n) is 1.98. The molecule has 1 aliphatic heterocycles. The molecule has 1 aromatic heterocycles. The first-order valence-electron chi connectivity index (χ1n) is 6.30. The van der Waals surface area contributed by atoms with E-state index in [1.54, 1.807) is 0 Å². The summed E-state index contributed by atoms with van der Waals surface area (Å²) in [5, 5.41) is 3.21. The van der Waals surface area contributed by atoms with Crippen LogP contribution in [0.3, 0.4) is 0 Å². The summed E-state index contributed by atoms with van der Waals surface area (Å²) in [7, 11) is -2.80. The molecule has 1 saturated heterocycles. The molecule has 2 heterocycles. The highest BCUT2D eigenvalue weighted by atomic mass is 32.2. The van der Waals surface area contributed by atoms with E-state index in [9.17, 15) is 8.42 Å². The zero-order valence-corrected chi connectivity index (χ0v) is 11.5. The van der Waals surface area contributed by atoms with Gasteiger partial charge in [-0.3, -0.25) is 4.90 Å². The summed E-state index contributed by atoms with van der Waals surface area (Å²) >= 11 is 0. The fourth-order valence-corrected chi connectivity index (χ4v) is 3.26. The minimum Gasteiger partial charge on any atom is -0.463 e. The minimum atomic E-state index is -2.80. The van der Waals surface area contributed by atoms with Crippen LogP contribution >= 0.6 is 0 Å². The second-order valence-electron chi connectivity index (χ2n) is 4.58. The molecule has 1 fully saturated rings. The summed E-state index contributed by atoms with van der Waals surface area (Å²) < 4.78 is 28.3. The number of nitrogens with one attached hydrogen (secondary N) is 1. The van der Waals surface area contributed by atoms with Crippen LogP contribution in [-0.2, 0) is 22.9 Å². The standard InChI is InChI=1S/C12H20N2O3S/c1-2-13-9-11-3-4-12(17-11)10-14-5-7-18(15,16)8-6-14/h3-4,13H,2,5-10H2,1H3. The Morgan fingerprint density at radius 2 is 1.94 bits per heavy atom. The molecule has 0 amide bonds. The summed E-state index contributed by atoms with van der Waals surface area (Å²) in [6, 6.07) is 3.94. The van der Waals surface area contributed by atoms with Crippen molar-refractivity contribution in [1.82, 2.24) is 10.2 Å². The van der Waals surface area contributed by atoms with Crippen LogP contribution in [0.15, 0.2) is 16.5 Å². The van der Waals surface area contributed by atoms with Crippen LogP contribution in [0.4, 0.5) is 0 Å². The molecule has 0 atom stereocenters. The second kappa shape index (κ2) is 5.86. The van der Waals surface area contributed by atoms with Crippen molar-refractivity contribution in [3.05, 3.63) is 23.7 Å². The number of sulfone groups is 1. The van der Waals surface area contributed by atoms with Gasteiger partial charge in [0.2, 0.25) is 0 Å². The molecule has 0 spiro atoms. The van der Waals surface area contributed by atoms with Crippen LogP contribution < -0.4 is 5.32 Å². The van der Waals surface area contributed by atoms with Crippen LogP contribution in [0.1, 0.15) is 18.4 Å². The quantitative estimate of drug-likeness (QED) is 0.851. The number of hydrogen-bond acceptors (Lipinski definition) is 5. The van der Waals surface area contributed by atoms with Crippen molar-refractivity contribution >= 4 is 9.84 Å². The Morgan fingerprint density at radius 1 is 1.28 bits per heavy atom. The Bertz CT molecular complexity index is 467. The maximum absolute atomic E-state index is 11.3. The summed E-state index contributed by atoms with van der Waals surface area (Å²) in [6.45, 7) is 5.61. The van der Waals surface area contributed by atoms with E-state index in [0.717, 1.165) is 24.6 Å². The van der Waals surface area contributed by atoms with Gasteiger partial charge in [0.05, 0.1) is 24.6 Å². The monoisotopic (exact) mass is 272 g/mol. The van der Waals surface area contributed by atoms with E-state index < -0.39 is 9.84 Å². The molecule has 1 aromatic rings. The fraction of sp³-hybridized carbons (Fsp3) is 0.667. The van der Waals surface area contributed by atoms with Gasteiger partial charge in [-0.15, -0.1) is 0 Å². The van der Waals surface area contributed by atoms with Crippen molar-refractivity contribution in [2.24, 2.45) is 0 Å². The third-order valence-electron chi connectivity index (χ3n) is 3.08. The summed E-state index contributed by atoms with van der Waals surface area (Å²) in [5.74, 6) is 2.36. The highest BCUT2D eigenvalue weighted by molar-refractivity contribution is 7.91. The van der Waals surface area contributed by atoms with Gasteiger partial charge in [-0.2, -0.15) is 0 Å². The predicted octanol–water partition coefficient (Wildman–Crippen LogP) is 0.620. The Balaban J connectivity index is 1.84. The first kappa shape index (κ1) is 13.6. The average Bonchev–Trinajstić information content (AvgIpc) is 2.77. The lowest BCUT2D eigenvalue weighted by atomic mass is 10.4. The van der Waals surface area contributed by atoms with E-state index >= 15 is 0 Å². The molecule has 5 nitrogen and oxygen atoms in total. The average molecular weight is 272 g/mol. The largest absolute Gasteiger partial charge is 0.463 e. The Morgan fingerprint density at radius 3 is 2.61 bits per heavy atom. The SMILES string of the molecule is CCNCc1ccc(CN2CCS(=O)(=O)CC2)o1. The van der Waals surface area contributed by atoms with Gasteiger partial charge in [-0.1, -0.05) is 6.92 Å². The molecule has 0 unspecified atom stereocenters. The summed E-state index contributed by atoms with van der Waals surface area (Å²) in [6.07, 6.45) is 0. The lowest BCUT2D eigenvalue weighted by Gasteiger charge is -2.25. The summed E-state index contributed by atoms with van der Waals surface area (Å²) in [4.78, 5) is 2.12. The van der Waals surface area contributed by atoms with Crippen molar-refractivity contribution in [2.45, 2.75) is 20.0 Å². The molecule has 0 aromatic carbocycles. The lowest BCUT2D eigenvalue weighted by molar-refractivity contribution is 0.259. The van der Waals surface area contributed by atoms with Gasteiger partial charge >= 0.3 is 0 Å². The predicted molar refractivity (Wildman–Crippen MR) is 70.0 cm³/mol. The van der Waals surface area contributed by atoms with E-state index in [-0.39, 0.29) is 11.5 Å². The molecule has 18 heavy (non-hydrogen) atoms. The Kier molecular flexibility index (Phi) is 4.42. The van der Waals surface area contributed by atoms with E-state index in [1.807, 2.05) is 12.1 Å². The topological polar surface area (TPSA) is 62.6 Å². The highest BCUT2D eigenvalue weighted by Gasteiger charge is 2.22. The molecule has 0 aliphatic carbocycles. The Labute approximate surface area is 108 Å². The van der Waals surface area contributed by atoms with Gasteiger partial charge in [0.1, 0.15) is 11.5 Å². The van der Waals surface area contributed by atoms with Gasteiger partial charge in [0, 0.05) is 13.1 Å². The van der Waals surface area contributed by atoms with E-state index in [0.29, 0.717) is 19.6 Å². The van der Waals surface area contributed by atoms with E-state index in [1.165, 1.54) is 0 Å². The van der Waals surface area contributed by atoms with Gasteiger partial charge < -0.3 is 9.73 Å². The third kappa shape index (κ3) is 3.83. The molecule has 0 bridgehead atoms. The van der Waals surface area contributed by atoms with Crippen molar-refractivity contribution in [3.8, 4) is 0 Å². The zero-order valence-electron chi connectivity index (χ0n) is 10.7. The van der Waals surface area contributed by atoms with Crippen molar-refractivity contribution in [2.75, 3.05) is 31.1 Å². The van der Waals surface area contributed by atoms with Crippen LogP contribution in [0.25, 0.3) is 0 Å². The van der Waals surface area contributed by atoms with Gasteiger partial charge in [0.15, 0.2) is 9.84 Å². The number of nitrogens with zero attached hydrogens (tertiary/aromatic N) is 1. The molecule has 0 saturated carbocycles. The smallest absolute Gasteiger partial charge is 0.152 e. The lowest BCUT2D eigenvalue weighted by Crippen LogP contribution is -2.39.